The van der Waals surface area contributed by atoms with Gasteiger partial charge in [0.25, 0.3) is 0 Å². The zero-order valence-corrected chi connectivity index (χ0v) is 11.3. The van der Waals surface area contributed by atoms with Crippen LogP contribution < -0.4 is 11.2 Å². The van der Waals surface area contributed by atoms with Crippen molar-refractivity contribution in [3.63, 3.8) is 0 Å². The van der Waals surface area contributed by atoms with Crippen molar-refractivity contribution in [1.29, 1.82) is 0 Å². The van der Waals surface area contributed by atoms with Gasteiger partial charge < -0.3 is 5.73 Å². The van der Waals surface area contributed by atoms with Crippen molar-refractivity contribution < 1.29 is 4.79 Å². The Hall–Kier alpha value is -1.68. The van der Waals surface area contributed by atoms with Gasteiger partial charge in [0.1, 0.15) is 0 Å². The lowest BCUT2D eigenvalue weighted by Gasteiger charge is -2.17. The Balaban J connectivity index is 2.02. The molecule has 2 unspecified atom stereocenters. The highest BCUT2D eigenvalue weighted by atomic mass is 16.2. The SMILES string of the molecule is CC(CCN)Cc1ccc(C2CC=NNC2=O)cc1. The molecule has 0 spiro atoms. The van der Waals surface area contributed by atoms with Gasteiger partial charge in [-0.25, -0.2) is 5.43 Å². The monoisotopic (exact) mass is 259 g/mol. The summed E-state index contributed by atoms with van der Waals surface area (Å²) in [6.07, 6.45) is 4.51. The molecule has 0 aliphatic carbocycles. The Labute approximate surface area is 114 Å². The van der Waals surface area contributed by atoms with Crippen LogP contribution in [0.25, 0.3) is 0 Å². The van der Waals surface area contributed by atoms with Crippen molar-refractivity contribution in [1.82, 2.24) is 5.43 Å². The molecule has 1 amide bonds. The molecule has 0 saturated heterocycles. The number of carbonyl (C=O) groups is 1. The summed E-state index contributed by atoms with van der Waals surface area (Å²) in [5, 5.41) is 3.77. The molecule has 3 N–H and O–H groups in total. The average molecular weight is 259 g/mol. The molecule has 1 aliphatic heterocycles. The van der Waals surface area contributed by atoms with Gasteiger partial charge in [-0.15, -0.1) is 0 Å². The molecule has 1 aromatic rings. The zero-order valence-electron chi connectivity index (χ0n) is 11.3. The number of hydrazone groups is 1. The summed E-state index contributed by atoms with van der Waals surface area (Å²) >= 11 is 0. The number of nitrogens with two attached hydrogens (primary N) is 1. The minimum atomic E-state index is -0.104. The van der Waals surface area contributed by atoms with Crippen LogP contribution in [-0.2, 0) is 11.2 Å². The Morgan fingerprint density at radius 2 is 2.16 bits per heavy atom. The van der Waals surface area contributed by atoms with E-state index >= 15 is 0 Å². The quantitative estimate of drug-likeness (QED) is 0.846. The highest BCUT2D eigenvalue weighted by Crippen LogP contribution is 2.22. The van der Waals surface area contributed by atoms with Crippen LogP contribution in [0.3, 0.4) is 0 Å². The third-order valence-electron chi connectivity index (χ3n) is 3.55. The first kappa shape index (κ1) is 13.7. The number of amides is 1. The van der Waals surface area contributed by atoms with Gasteiger partial charge in [0, 0.05) is 12.6 Å². The predicted octanol–water partition coefficient (Wildman–Crippen LogP) is 1.80. The number of nitrogens with zero attached hydrogens (tertiary/aromatic N) is 1. The molecule has 0 fully saturated rings. The molecule has 0 aromatic heterocycles. The first-order chi connectivity index (χ1) is 9.20. The second-order valence-electron chi connectivity index (χ2n) is 5.20. The molecule has 2 rings (SSSR count). The second-order valence-corrected chi connectivity index (χ2v) is 5.20. The van der Waals surface area contributed by atoms with Crippen LogP contribution in [0.15, 0.2) is 29.4 Å². The van der Waals surface area contributed by atoms with Crippen molar-refractivity contribution in [3.8, 4) is 0 Å². The van der Waals surface area contributed by atoms with Gasteiger partial charge in [0.05, 0.1) is 5.92 Å². The van der Waals surface area contributed by atoms with E-state index < -0.39 is 0 Å². The highest BCUT2D eigenvalue weighted by molar-refractivity contribution is 5.89. The molecule has 19 heavy (non-hydrogen) atoms. The van der Waals surface area contributed by atoms with Crippen molar-refractivity contribution >= 4 is 12.1 Å². The zero-order chi connectivity index (χ0) is 13.7. The Bertz CT molecular complexity index is 453. The average Bonchev–Trinajstić information content (AvgIpc) is 2.41. The summed E-state index contributed by atoms with van der Waals surface area (Å²) in [6, 6.07) is 8.32. The molecular formula is C15H21N3O. The lowest BCUT2D eigenvalue weighted by Crippen LogP contribution is -2.29. The Kier molecular flexibility index (Phi) is 4.68. The lowest BCUT2D eigenvalue weighted by molar-refractivity contribution is -0.122. The molecule has 1 heterocycles. The number of hydrogen-bond acceptors (Lipinski definition) is 3. The van der Waals surface area contributed by atoms with Crippen LogP contribution in [0.1, 0.15) is 36.8 Å². The predicted molar refractivity (Wildman–Crippen MR) is 77.0 cm³/mol. The summed E-state index contributed by atoms with van der Waals surface area (Å²) in [4.78, 5) is 11.7. The number of rotatable bonds is 5. The molecule has 0 saturated carbocycles. The lowest BCUT2D eigenvalue weighted by atomic mass is 9.92. The van der Waals surface area contributed by atoms with E-state index in [9.17, 15) is 4.79 Å². The van der Waals surface area contributed by atoms with E-state index in [-0.39, 0.29) is 11.8 Å². The maximum atomic E-state index is 11.7. The van der Waals surface area contributed by atoms with E-state index in [0.29, 0.717) is 12.3 Å². The van der Waals surface area contributed by atoms with Gasteiger partial charge in [-0.1, -0.05) is 31.2 Å². The first-order valence-electron chi connectivity index (χ1n) is 6.81. The van der Waals surface area contributed by atoms with E-state index in [2.05, 4.69) is 29.6 Å². The van der Waals surface area contributed by atoms with Crippen molar-refractivity contribution in [2.24, 2.45) is 16.8 Å². The van der Waals surface area contributed by atoms with E-state index in [1.54, 1.807) is 6.21 Å². The molecule has 102 valence electrons. The number of benzene rings is 1. The summed E-state index contributed by atoms with van der Waals surface area (Å²) in [5.74, 6) is 0.473. The number of nitrogens with one attached hydrogen (secondary N) is 1. The minimum absolute atomic E-state index is 0.0215. The third kappa shape index (κ3) is 3.64. The number of carbonyl (C=O) groups excluding carboxylic acids is 1. The van der Waals surface area contributed by atoms with Crippen LogP contribution >= 0.6 is 0 Å². The summed E-state index contributed by atoms with van der Waals surface area (Å²) < 4.78 is 0. The van der Waals surface area contributed by atoms with E-state index in [1.807, 2.05) is 12.1 Å². The highest BCUT2D eigenvalue weighted by Gasteiger charge is 2.21. The first-order valence-corrected chi connectivity index (χ1v) is 6.81. The summed E-state index contributed by atoms with van der Waals surface area (Å²) in [7, 11) is 0. The van der Waals surface area contributed by atoms with Gasteiger partial charge in [-0.2, -0.15) is 5.10 Å². The van der Waals surface area contributed by atoms with Crippen molar-refractivity contribution in [2.45, 2.75) is 32.1 Å². The standard InChI is InChI=1S/C15H21N3O/c1-11(6-8-16)10-12-2-4-13(5-3-12)14-7-9-17-18-15(14)19/h2-5,9,11,14H,6-8,10,16H2,1H3,(H,18,19). The Morgan fingerprint density at radius 1 is 1.42 bits per heavy atom. The van der Waals surface area contributed by atoms with Crippen LogP contribution in [0.2, 0.25) is 0 Å². The molecule has 1 aromatic carbocycles. The Morgan fingerprint density at radius 3 is 2.79 bits per heavy atom. The van der Waals surface area contributed by atoms with Gasteiger partial charge >= 0.3 is 0 Å². The van der Waals surface area contributed by atoms with Crippen LogP contribution in [0, 0.1) is 5.92 Å². The van der Waals surface area contributed by atoms with Crippen LogP contribution in [-0.4, -0.2) is 18.7 Å². The third-order valence-corrected chi connectivity index (χ3v) is 3.55. The van der Waals surface area contributed by atoms with Gasteiger partial charge in [-0.05, 0) is 36.4 Å². The topological polar surface area (TPSA) is 67.5 Å². The molecule has 2 atom stereocenters. The van der Waals surface area contributed by atoms with Crippen molar-refractivity contribution in [3.05, 3.63) is 35.4 Å². The van der Waals surface area contributed by atoms with Crippen LogP contribution in [0.5, 0.6) is 0 Å². The fourth-order valence-electron chi connectivity index (χ4n) is 2.41. The van der Waals surface area contributed by atoms with Crippen LogP contribution in [0.4, 0.5) is 0 Å². The normalized spacial score (nSPS) is 20.1. The minimum Gasteiger partial charge on any atom is -0.330 e. The summed E-state index contributed by atoms with van der Waals surface area (Å²) in [6.45, 7) is 2.95. The molecule has 1 aliphatic rings. The molecular weight excluding hydrogens is 238 g/mol. The fraction of sp³-hybridized carbons (Fsp3) is 0.467. The van der Waals surface area contributed by atoms with E-state index in [0.717, 1.165) is 24.9 Å². The van der Waals surface area contributed by atoms with Crippen molar-refractivity contribution in [2.75, 3.05) is 6.54 Å². The smallest absolute Gasteiger partial charge is 0.247 e. The van der Waals surface area contributed by atoms with Gasteiger partial charge in [-0.3, -0.25) is 4.79 Å². The molecule has 4 heteroatoms. The number of hydrogen-bond donors (Lipinski definition) is 2. The largest absolute Gasteiger partial charge is 0.330 e. The summed E-state index contributed by atoms with van der Waals surface area (Å²) in [5.41, 5.74) is 10.4. The maximum Gasteiger partial charge on any atom is 0.247 e. The van der Waals surface area contributed by atoms with E-state index in [1.165, 1.54) is 5.56 Å². The maximum absolute atomic E-state index is 11.7. The van der Waals surface area contributed by atoms with Gasteiger partial charge in [0.15, 0.2) is 0 Å². The molecule has 0 bridgehead atoms. The van der Waals surface area contributed by atoms with Gasteiger partial charge in [0.2, 0.25) is 5.91 Å². The second kappa shape index (κ2) is 6.48. The molecule has 0 radical (unpaired) electrons. The van der Waals surface area contributed by atoms with E-state index in [4.69, 9.17) is 5.73 Å². The fourth-order valence-corrected chi connectivity index (χ4v) is 2.41. The molecule has 4 nitrogen and oxygen atoms in total.